The minimum absolute atomic E-state index is 0.633. The van der Waals surface area contributed by atoms with E-state index in [1.54, 1.807) is 11.8 Å². The number of nitrogens with zero attached hydrogens (tertiary/aromatic N) is 2. The second kappa shape index (κ2) is 4.20. The van der Waals surface area contributed by atoms with Crippen LogP contribution in [0.15, 0.2) is 29.2 Å². The van der Waals surface area contributed by atoms with Crippen molar-refractivity contribution >= 4 is 24.0 Å². The van der Waals surface area contributed by atoms with Crippen LogP contribution in [0.5, 0.6) is 0 Å². The van der Waals surface area contributed by atoms with E-state index in [4.69, 9.17) is 12.2 Å². The van der Waals surface area contributed by atoms with E-state index in [9.17, 15) is 0 Å². The van der Waals surface area contributed by atoms with Gasteiger partial charge in [-0.1, -0.05) is 12.1 Å². The van der Waals surface area contributed by atoms with Crippen LogP contribution in [0, 0.1) is 11.7 Å². The standard InChI is InChI=1S/C10H11N3S2/c1-7-11-12-10(14)13(7)8-5-3-4-6-9(8)15-2/h3-6H,1-2H3,(H,12,14). The van der Waals surface area contributed by atoms with Crippen LogP contribution < -0.4 is 0 Å². The van der Waals surface area contributed by atoms with Crippen molar-refractivity contribution in [1.29, 1.82) is 0 Å². The highest BCUT2D eigenvalue weighted by Crippen LogP contribution is 2.24. The molecule has 1 aromatic carbocycles. The van der Waals surface area contributed by atoms with E-state index < -0.39 is 0 Å². The van der Waals surface area contributed by atoms with Gasteiger partial charge in [0.2, 0.25) is 0 Å². The van der Waals surface area contributed by atoms with Gasteiger partial charge in [-0.05, 0) is 37.5 Å². The zero-order chi connectivity index (χ0) is 10.8. The average molecular weight is 237 g/mol. The Hall–Kier alpha value is -1.07. The maximum atomic E-state index is 5.20. The van der Waals surface area contributed by atoms with Gasteiger partial charge in [0, 0.05) is 4.90 Å². The first kappa shape index (κ1) is 10.4. The number of benzene rings is 1. The second-order valence-corrected chi connectivity index (χ2v) is 4.32. The lowest BCUT2D eigenvalue weighted by Gasteiger charge is -2.08. The third-order valence-corrected chi connectivity index (χ3v) is 3.23. The summed E-state index contributed by atoms with van der Waals surface area (Å²) < 4.78 is 2.58. The Kier molecular flexibility index (Phi) is 2.93. The van der Waals surface area contributed by atoms with Gasteiger partial charge in [0.05, 0.1) is 5.69 Å². The molecule has 0 saturated carbocycles. The molecular formula is C10H11N3S2. The molecule has 0 amide bonds. The van der Waals surface area contributed by atoms with E-state index in [-0.39, 0.29) is 0 Å². The number of rotatable bonds is 2. The molecule has 1 aromatic heterocycles. The molecule has 0 saturated heterocycles. The summed E-state index contributed by atoms with van der Waals surface area (Å²) in [6.45, 7) is 1.93. The lowest BCUT2D eigenvalue weighted by Crippen LogP contribution is -1.98. The zero-order valence-electron chi connectivity index (χ0n) is 8.52. The number of thioether (sulfide) groups is 1. The first-order chi connectivity index (χ1) is 7.24. The molecule has 15 heavy (non-hydrogen) atoms. The van der Waals surface area contributed by atoms with Crippen molar-refractivity contribution in [1.82, 2.24) is 14.8 Å². The molecule has 1 N–H and O–H groups in total. The third kappa shape index (κ3) is 1.85. The molecule has 0 bridgehead atoms. The summed E-state index contributed by atoms with van der Waals surface area (Å²) in [7, 11) is 0. The summed E-state index contributed by atoms with van der Waals surface area (Å²) in [5.74, 6) is 0.876. The molecule has 0 unspecified atom stereocenters. The lowest BCUT2D eigenvalue weighted by molar-refractivity contribution is 0.942. The van der Waals surface area contributed by atoms with Crippen molar-refractivity contribution in [2.45, 2.75) is 11.8 Å². The molecule has 3 nitrogen and oxygen atoms in total. The smallest absolute Gasteiger partial charge is 0.199 e. The maximum absolute atomic E-state index is 5.20. The molecule has 0 aliphatic rings. The first-order valence-corrected chi connectivity index (χ1v) is 6.14. The van der Waals surface area contributed by atoms with Gasteiger partial charge in [0.1, 0.15) is 5.82 Å². The molecule has 0 fully saturated rings. The van der Waals surface area contributed by atoms with Gasteiger partial charge >= 0.3 is 0 Å². The van der Waals surface area contributed by atoms with Crippen LogP contribution in [-0.4, -0.2) is 21.0 Å². The molecule has 1 heterocycles. The number of nitrogens with one attached hydrogen (secondary N) is 1. The van der Waals surface area contributed by atoms with Gasteiger partial charge in [-0.3, -0.25) is 9.67 Å². The summed E-state index contributed by atoms with van der Waals surface area (Å²) in [5, 5.41) is 6.90. The monoisotopic (exact) mass is 237 g/mol. The highest BCUT2D eigenvalue weighted by atomic mass is 32.2. The SMILES string of the molecule is CSc1ccccc1-n1c(C)n[nH]c1=S. The fourth-order valence-corrected chi connectivity index (χ4v) is 2.33. The van der Waals surface area contributed by atoms with Crippen LogP contribution in [0.25, 0.3) is 5.69 Å². The van der Waals surface area contributed by atoms with Gasteiger partial charge < -0.3 is 0 Å². The molecule has 5 heteroatoms. The normalized spacial score (nSPS) is 10.5. The van der Waals surface area contributed by atoms with E-state index in [1.165, 1.54) is 4.90 Å². The summed E-state index contributed by atoms with van der Waals surface area (Å²) in [4.78, 5) is 1.19. The minimum Gasteiger partial charge on any atom is -0.271 e. The largest absolute Gasteiger partial charge is 0.271 e. The van der Waals surface area contributed by atoms with Crippen LogP contribution >= 0.6 is 24.0 Å². The van der Waals surface area contributed by atoms with E-state index in [0.717, 1.165) is 11.5 Å². The van der Waals surface area contributed by atoms with Crippen molar-refractivity contribution < 1.29 is 0 Å². The average Bonchev–Trinajstić information content (AvgIpc) is 2.59. The highest BCUT2D eigenvalue weighted by molar-refractivity contribution is 7.98. The Morgan fingerprint density at radius 3 is 2.73 bits per heavy atom. The van der Waals surface area contributed by atoms with E-state index >= 15 is 0 Å². The molecule has 0 aliphatic carbocycles. The first-order valence-electron chi connectivity index (χ1n) is 4.51. The van der Waals surface area contributed by atoms with Gasteiger partial charge in [0.25, 0.3) is 0 Å². The Morgan fingerprint density at radius 1 is 1.40 bits per heavy atom. The van der Waals surface area contributed by atoms with Gasteiger partial charge in [-0.2, -0.15) is 5.10 Å². The Balaban J connectivity index is 2.69. The van der Waals surface area contributed by atoms with Crippen LogP contribution in [0.3, 0.4) is 0 Å². The maximum Gasteiger partial charge on any atom is 0.199 e. The number of hydrogen-bond acceptors (Lipinski definition) is 3. The molecule has 2 aromatic rings. The summed E-state index contributed by atoms with van der Waals surface area (Å²) in [6, 6.07) is 8.15. The third-order valence-electron chi connectivity index (χ3n) is 2.17. The Labute approximate surface area is 97.5 Å². The number of aromatic nitrogens is 3. The van der Waals surface area contributed by atoms with Gasteiger partial charge in [-0.15, -0.1) is 11.8 Å². The second-order valence-electron chi connectivity index (χ2n) is 3.08. The van der Waals surface area contributed by atoms with Crippen molar-refractivity contribution in [2.24, 2.45) is 0 Å². The molecule has 0 spiro atoms. The highest BCUT2D eigenvalue weighted by Gasteiger charge is 2.07. The number of para-hydroxylation sites is 1. The van der Waals surface area contributed by atoms with Crippen molar-refractivity contribution in [3.63, 3.8) is 0 Å². The topological polar surface area (TPSA) is 33.6 Å². The zero-order valence-corrected chi connectivity index (χ0v) is 10.2. The van der Waals surface area contributed by atoms with Crippen molar-refractivity contribution in [2.75, 3.05) is 6.26 Å². The predicted octanol–water partition coefficient (Wildman–Crippen LogP) is 2.96. The van der Waals surface area contributed by atoms with Gasteiger partial charge in [-0.25, -0.2) is 0 Å². The van der Waals surface area contributed by atoms with E-state index in [0.29, 0.717) is 4.77 Å². The fraction of sp³-hybridized carbons (Fsp3) is 0.200. The van der Waals surface area contributed by atoms with Crippen molar-refractivity contribution in [3.8, 4) is 5.69 Å². The van der Waals surface area contributed by atoms with Crippen LogP contribution in [-0.2, 0) is 0 Å². The molecule has 0 atom stereocenters. The number of aromatic amines is 1. The Bertz CT molecular complexity index is 527. The lowest BCUT2D eigenvalue weighted by atomic mass is 10.3. The Morgan fingerprint density at radius 2 is 2.13 bits per heavy atom. The number of H-pyrrole nitrogens is 1. The quantitative estimate of drug-likeness (QED) is 0.644. The fourth-order valence-electron chi connectivity index (χ4n) is 1.47. The van der Waals surface area contributed by atoms with Crippen LogP contribution in [0.2, 0.25) is 0 Å². The molecule has 0 aliphatic heterocycles. The molecule has 2 rings (SSSR count). The van der Waals surface area contributed by atoms with Crippen molar-refractivity contribution in [3.05, 3.63) is 34.9 Å². The molecular weight excluding hydrogens is 226 g/mol. The number of aryl methyl sites for hydroxylation is 1. The summed E-state index contributed by atoms with van der Waals surface area (Å²) in [6.07, 6.45) is 2.05. The van der Waals surface area contributed by atoms with E-state index in [2.05, 4.69) is 22.5 Å². The van der Waals surface area contributed by atoms with E-state index in [1.807, 2.05) is 29.7 Å². The summed E-state index contributed by atoms with van der Waals surface area (Å²) in [5.41, 5.74) is 1.08. The molecule has 78 valence electrons. The number of hydrogen-bond donors (Lipinski definition) is 1. The summed E-state index contributed by atoms with van der Waals surface area (Å²) >= 11 is 6.90. The van der Waals surface area contributed by atoms with Crippen LogP contribution in [0.4, 0.5) is 0 Å². The van der Waals surface area contributed by atoms with Crippen LogP contribution in [0.1, 0.15) is 5.82 Å². The molecule has 0 radical (unpaired) electrons. The predicted molar refractivity (Wildman–Crippen MR) is 65.3 cm³/mol. The van der Waals surface area contributed by atoms with Gasteiger partial charge in [0.15, 0.2) is 4.77 Å². The minimum atomic E-state index is 0.633.